The number of nitrogens with one attached hydrogen (secondary N) is 2. The molecular formula is C58H85N7O7Si. The number of ether oxygens (including phenoxy) is 3. The Kier molecular flexibility index (Phi) is 15.6. The minimum Gasteiger partial charge on any atom is -0.543 e. The Morgan fingerprint density at radius 1 is 0.918 bits per heavy atom. The van der Waals surface area contributed by atoms with Crippen LogP contribution >= 0.6 is 0 Å². The molecule has 1 aliphatic carbocycles. The zero-order valence-electron chi connectivity index (χ0n) is 46.7. The number of fused-ring (bicyclic) bond motifs is 7. The molecule has 4 aromatic rings. The number of alkyl carbamates (subject to hydrolysis) is 1. The van der Waals surface area contributed by atoms with Gasteiger partial charge in [0, 0.05) is 74.7 Å². The van der Waals surface area contributed by atoms with Crippen LogP contribution in [0.5, 0.6) is 5.75 Å². The van der Waals surface area contributed by atoms with Gasteiger partial charge in [-0.15, -0.1) is 0 Å². The third kappa shape index (κ3) is 11.2. The van der Waals surface area contributed by atoms with E-state index in [1.165, 1.54) is 5.01 Å². The van der Waals surface area contributed by atoms with Crippen LogP contribution in [0, 0.1) is 10.8 Å². The summed E-state index contributed by atoms with van der Waals surface area (Å²) in [7, 11) is 1.43. The number of hydrogen-bond donors (Lipinski definition) is 2. The van der Waals surface area contributed by atoms with Gasteiger partial charge < -0.3 is 38.3 Å². The van der Waals surface area contributed by atoms with Crippen molar-refractivity contribution in [2.75, 3.05) is 58.4 Å². The predicted molar refractivity (Wildman–Crippen MR) is 293 cm³/mol. The number of amides is 2. The lowest BCUT2D eigenvalue weighted by atomic mass is 9.83. The first-order chi connectivity index (χ1) is 34.4. The Morgan fingerprint density at radius 2 is 1.60 bits per heavy atom. The van der Waals surface area contributed by atoms with Crippen LogP contribution in [0.25, 0.3) is 33.3 Å². The Bertz CT molecular complexity index is 2660. The number of carbonyl (C=O) groups is 3. The highest BCUT2D eigenvalue weighted by atomic mass is 28.4. The first-order valence-corrected chi connectivity index (χ1v) is 29.2. The summed E-state index contributed by atoms with van der Waals surface area (Å²) < 4.78 is 28.2. The molecule has 3 aliphatic heterocycles. The van der Waals surface area contributed by atoms with E-state index in [1.807, 2.05) is 6.20 Å². The number of anilines is 1. The second-order valence-electron chi connectivity index (χ2n) is 24.4. The molecule has 14 nitrogen and oxygen atoms in total. The summed E-state index contributed by atoms with van der Waals surface area (Å²) in [6.07, 6.45) is 4.13. The summed E-state index contributed by atoms with van der Waals surface area (Å²) in [5, 5.41) is 5.60. The fourth-order valence-corrected chi connectivity index (χ4v) is 17.5. The van der Waals surface area contributed by atoms with Gasteiger partial charge in [0.15, 0.2) is 0 Å². The fraction of sp³-hybridized carbons (Fsp3) is 0.621. The van der Waals surface area contributed by atoms with Crippen molar-refractivity contribution >= 4 is 42.9 Å². The van der Waals surface area contributed by atoms with E-state index in [-0.39, 0.29) is 36.4 Å². The average Bonchev–Trinajstić information content (AvgIpc) is 4.04. The lowest BCUT2D eigenvalue weighted by Crippen LogP contribution is -2.63. The zero-order chi connectivity index (χ0) is 52.9. The summed E-state index contributed by atoms with van der Waals surface area (Å²) in [6.45, 7) is 32.7. The first-order valence-electron chi connectivity index (χ1n) is 27.1. The van der Waals surface area contributed by atoms with Crippen LogP contribution in [-0.4, -0.2) is 117 Å². The molecule has 15 heteroatoms. The molecule has 1 unspecified atom stereocenters. The Hall–Kier alpha value is -4.96. The Morgan fingerprint density at radius 3 is 2.22 bits per heavy atom. The molecule has 6 bridgehead atoms. The molecule has 2 N–H and O–H groups in total. The lowest BCUT2D eigenvalue weighted by Gasteiger charge is -2.42. The maximum absolute atomic E-state index is 15.0. The molecule has 8 rings (SSSR count). The number of aryl methyl sites for hydroxylation is 1. The van der Waals surface area contributed by atoms with Gasteiger partial charge in [-0.05, 0) is 142 Å². The van der Waals surface area contributed by atoms with Gasteiger partial charge in [-0.1, -0.05) is 67.5 Å². The highest BCUT2D eigenvalue weighted by molar-refractivity contribution is 6.78. The van der Waals surface area contributed by atoms with Crippen molar-refractivity contribution < 1.29 is 33.0 Å². The van der Waals surface area contributed by atoms with E-state index >= 15 is 0 Å². The Labute approximate surface area is 436 Å². The van der Waals surface area contributed by atoms with Crippen molar-refractivity contribution in [1.29, 1.82) is 0 Å². The van der Waals surface area contributed by atoms with Gasteiger partial charge in [0.1, 0.15) is 23.4 Å². The number of carbonyl (C=O) groups excluding carboxylic acids is 3. The van der Waals surface area contributed by atoms with E-state index in [0.717, 1.165) is 101 Å². The van der Waals surface area contributed by atoms with Crippen molar-refractivity contribution in [3.63, 3.8) is 0 Å². The summed E-state index contributed by atoms with van der Waals surface area (Å²) in [5.74, 6) is 0.0276. The van der Waals surface area contributed by atoms with Gasteiger partial charge >= 0.3 is 12.1 Å². The number of benzene rings is 2. The Balaban J connectivity index is 1.37. The number of esters is 1. The van der Waals surface area contributed by atoms with Crippen LogP contribution < -0.4 is 20.1 Å². The fourth-order valence-electron chi connectivity index (χ4n) is 12.3. The zero-order valence-corrected chi connectivity index (χ0v) is 47.7. The minimum absolute atomic E-state index is 0.148. The number of methoxy groups -OCH3 is 1. The van der Waals surface area contributed by atoms with Gasteiger partial charge in [0.05, 0.1) is 36.0 Å². The van der Waals surface area contributed by atoms with Crippen molar-refractivity contribution in [3.8, 4) is 28.1 Å². The van der Waals surface area contributed by atoms with Crippen molar-refractivity contribution in [2.45, 2.75) is 169 Å². The normalized spacial score (nSPS) is 21.2. The van der Waals surface area contributed by atoms with E-state index in [2.05, 4.69) is 144 Å². The topological polar surface area (TPSA) is 140 Å². The van der Waals surface area contributed by atoms with Crippen molar-refractivity contribution in [3.05, 3.63) is 65.5 Å². The second-order valence-corrected chi connectivity index (χ2v) is 29.8. The molecule has 1 spiro atoms. The first kappa shape index (κ1) is 54.3. The van der Waals surface area contributed by atoms with Crippen LogP contribution in [0.15, 0.2) is 48.7 Å². The number of piperazine rings is 1. The van der Waals surface area contributed by atoms with Crippen LogP contribution in [0.2, 0.25) is 16.6 Å². The lowest BCUT2D eigenvalue weighted by molar-refractivity contribution is -0.158. The van der Waals surface area contributed by atoms with Crippen LogP contribution in [0.3, 0.4) is 0 Å². The molecule has 3 fully saturated rings. The molecule has 2 amide bonds. The second kappa shape index (κ2) is 21.0. The third-order valence-electron chi connectivity index (χ3n) is 16.4. The summed E-state index contributed by atoms with van der Waals surface area (Å²) >= 11 is 0. The molecule has 2 saturated heterocycles. The van der Waals surface area contributed by atoms with E-state index in [4.69, 9.17) is 23.6 Å². The smallest absolute Gasteiger partial charge is 0.408 e. The molecule has 3 atom stereocenters. The highest BCUT2D eigenvalue weighted by Crippen LogP contribution is 2.54. The highest BCUT2D eigenvalue weighted by Gasteiger charge is 2.57. The summed E-state index contributed by atoms with van der Waals surface area (Å²) in [4.78, 5) is 53.3. The number of nitrogens with zero attached hydrogens (tertiary/aromatic N) is 5. The minimum atomic E-state index is -2.49. The number of pyridine rings is 1. The monoisotopic (exact) mass is 1020 g/mol. The molecule has 2 aromatic carbocycles. The van der Waals surface area contributed by atoms with Gasteiger partial charge in [-0.25, -0.2) is 10.2 Å². The van der Waals surface area contributed by atoms with E-state index in [0.29, 0.717) is 42.6 Å². The number of aromatic nitrogens is 2. The van der Waals surface area contributed by atoms with Gasteiger partial charge in [0.2, 0.25) is 0 Å². The van der Waals surface area contributed by atoms with Gasteiger partial charge in [0.25, 0.3) is 14.2 Å². The van der Waals surface area contributed by atoms with Crippen LogP contribution in [0.1, 0.15) is 132 Å². The molecule has 1 saturated carbocycles. The van der Waals surface area contributed by atoms with E-state index in [1.54, 1.807) is 27.9 Å². The maximum atomic E-state index is 15.0. The van der Waals surface area contributed by atoms with Gasteiger partial charge in [-0.3, -0.25) is 19.6 Å². The number of likely N-dealkylation sites (N-methyl/N-ethyl adjacent to an activating group) is 1. The SMILES string of the molecule is CCn1c(-c2cc(N3CCN(C)CC3)cnc2[C@H](C)OC)c2c3cc(ccc31)-c1cc(cc(O[Si](C(C)C)(C(C)C)C(C)C)c1)C[C@H](NC(=O)OC(C)(C)C)C(=O)N1CCC3(CC3)C(N1)C(=O)OCC(C)(C)C2. The largest absolute Gasteiger partial charge is 0.543 e. The number of hydrazine groups is 1. The molecule has 5 heterocycles. The molecule has 2 aromatic heterocycles. The molecule has 4 aliphatic rings. The van der Waals surface area contributed by atoms with Crippen molar-refractivity contribution in [1.82, 2.24) is 30.2 Å². The summed E-state index contributed by atoms with van der Waals surface area (Å²) in [6, 6.07) is 13.7. The van der Waals surface area contributed by atoms with Crippen molar-refractivity contribution in [2.24, 2.45) is 10.8 Å². The number of cyclic esters (lactones) is 1. The standard InChI is InChI=1S/C58H85N7O7Si/c1-16-64-49-18-17-41-31-45(49)47(51(64)46-32-43(34-59-50(46)39(8)69-15)63-25-23-62(14)24-26-63)33-57(12,13)35-70-54(67)52-58(19-20-58)21-22-65(61-52)53(66)48(60-55(68)71-56(9,10)11)29-40-27-42(41)30-44(28-40)72-73(36(2)3,37(4)5)38(6)7/h17-18,27-28,30-32,34,36-39,48,52,61H,16,19-26,29,33,35H2,1-15H3,(H,60,68)/t39-,48-,52?/m0/s1. The third-order valence-corrected chi connectivity index (χ3v) is 22.4. The molecular weight excluding hydrogens is 935 g/mol. The summed E-state index contributed by atoms with van der Waals surface area (Å²) in [5.41, 5.74) is 11.7. The number of hydrogen-bond acceptors (Lipinski definition) is 11. The van der Waals surface area contributed by atoms with E-state index in [9.17, 15) is 14.4 Å². The van der Waals surface area contributed by atoms with Crippen LogP contribution in [-0.2, 0) is 43.2 Å². The quantitative estimate of drug-likeness (QED) is 0.110. The maximum Gasteiger partial charge on any atom is 0.408 e. The van der Waals surface area contributed by atoms with Crippen LogP contribution in [0.4, 0.5) is 10.5 Å². The van der Waals surface area contributed by atoms with E-state index < -0.39 is 37.5 Å². The molecule has 73 heavy (non-hydrogen) atoms. The van der Waals surface area contributed by atoms with Gasteiger partial charge in [-0.2, -0.15) is 0 Å². The number of rotatable bonds is 11. The average molecular weight is 1020 g/mol. The molecule has 0 radical (unpaired) electrons. The molecule has 398 valence electrons. The predicted octanol–water partition coefficient (Wildman–Crippen LogP) is 10.9.